The zero-order valence-corrected chi connectivity index (χ0v) is 13.5. The molecule has 1 aliphatic heterocycles. The number of carbonyl (C=O) groups is 2. The lowest BCUT2D eigenvalue weighted by molar-refractivity contribution is -0.142. The molecular weight excluding hydrogens is 272 g/mol. The second kappa shape index (κ2) is 8.34. The predicted octanol–water partition coefficient (Wildman–Crippen LogP) is 0.347. The lowest BCUT2D eigenvalue weighted by Crippen LogP contribution is -2.46. The molecule has 0 saturated carbocycles. The number of hydrogen-bond acceptors (Lipinski definition) is 4. The fraction of sp³-hybridized carbons (Fsp3) is 0.867. The van der Waals surface area contributed by atoms with Crippen LogP contribution < -0.4 is 0 Å². The number of aliphatic hydroxyl groups is 1. The van der Waals surface area contributed by atoms with E-state index in [4.69, 9.17) is 4.74 Å². The van der Waals surface area contributed by atoms with Crippen LogP contribution >= 0.6 is 0 Å². The van der Waals surface area contributed by atoms with Crippen LogP contribution in [0.15, 0.2) is 0 Å². The van der Waals surface area contributed by atoms with Crippen LogP contribution in [0.5, 0.6) is 0 Å². The zero-order valence-electron chi connectivity index (χ0n) is 13.5. The van der Waals surface area contributed by atoms with E-state index in [9.17, 15) is 14.7 Å². The molecule has 21 heavy (non-hydrogen) atoms. The Balaban J connectivity index is 2.42. The van der Waals surface area contributed by atoms with Crippen molar-refractivity contribution in [1.82, 2.24) is 9.80 Å². The molecule has 2 amide bonds. The Kier molecular flexibility index (Phi) is 7.11. The van der Waals surface area contributed by atoms with Gasteiger partial charge in [0.05, 0.1) is 12.7 Å². The fourth-order valence-electron chi connectivity index (χ4n) is 2.67. The number of nitrogens with zero attached hydrogens (tertiary/aromatic N) is 2. The van der Waals surface area contributed by atoms with Crippen LogP contribution in [0.1, 0.15) is 26.7 Å². The van der Waals surface area contributed by atoms with Crippen LogP contribution in [0.4, 0.5) is 0 Å². The number of likely N-dealkylation sites (N-methyl/N-ethyl adjacent to an activating group) is 1. The minimum Gasteiger partial charge on any atom is -0.389 e. The highest BCUT2D eigenvalue weighted by molar-refractivity contribution is 5.80. The number of carbonyl (C=O) groups excluding carboxylic acids is 2. The maximum atomic E-state index is 12.3. The smallest absolute Gasteiger partial charge is 0.225 e. The van der Waals surface area contributed by atoms with Crippen LogP contribution in [0.2, 0.25) is 0 Å². The molecule has 1 fully saturated rings. The fourth-order valence-corrected chi connectivity index (χ4v) is 2.67. The summed E-state index contributed by atoms with van der Waals surface area (Å²) in [6.45, 7) is 5.57. The molecule has 122 valence electrons. The van der Waals surface area contributed by atoms with E-state index in [1.807, 2.05) is 18.7 Å². The summed E-state index contributed by atoms with van der Waals surface area (Å²) in [5, 5.41) is 9.67. The largest absolute Gasteiger partial charge is 0.389 e. The molecular formula is C15H28N2O4. The third kappa shape index (κ3) is 5.28. The van der Waals surface area contributed by atoms with Crippen LogP contribution in [0.25, 0.3) is 0 Å². The molecule has 0 aromatic carbocycles. The molecule has 0 radical (unpaired) electrons. The van der Waals surface area contributed by atoms with Crippen LogP contribution in [-0.4, -0.2) is 73.2 Å². The van der Waals surface area contributed by atoms with Gasteiger partial charge in [0.1, 0.15) is 0 Å². The van der Waals surface area contributed by atoms with E-state index in [1.165, 1.54) is 7.11 Å². The number of hydrogen-bond donors (Lipinski definition) is 1. The monoisotopic (exact) mass is 300 g/mol. The van der Waals surface area contributed by atoms with Gasteiger partial charge in [0.15, 0.2) is 0 Å². The highest BCUT2D eigenvalue weighted by Crippen LogP contribution is 2.20. The molecule has 0 aliphatic carbocycles. The Morgan fingerprint density at radius 3 is 2.38 bits per heavy atom. The number of piperidine rings is 1. The molecule has 0 aromatic rings. The third-order valence-electron chi connectivity index (χ3n) is 3.87. The predicted molar refractivity (Wildman–Crippen MR) is 79.7 cm³/mol. The average molecular weight is 300 g/mol. The first-order valence-corrected chi connectivity index (χ1v) is 7.57. The highest BCUT2D eigenvalue weighted by Gasteiger charge is 2.30. The summed E-state index contributed by atoms with van der Waals surface area (Å²) in [6.07, 6.45) is 0.732. The lowest BCUT2D eigenvalue weighted by atomic mass is 9.94. The third-order valence-corrected chi connectivity index (χ3v) is 3.87. The molecule has 1 atom stereocenters. The van der Waals surface area contributed by atoms with Crippen molar-refractivity contribution in [3.05, 3.63) is 0 Å². The normalized spacial score (nSPS) is 17.9. The van der Waals surface area contributed by atoms with Gasteiger partial charge in [-0.05, 0) is 12.8 Å². The van der Waals surface area contributed by atoms with Crippen molar-refractivity contribution >= 4 is 11.8 Å². The first-order valence-electron chi connectivity index (χ1n) is 7.57. The summed E-state index contributed by atoms with van der Waals surface area (Å²) < 4.78 is 4.86. The second-order valence-electron chi connectivity index (χ2n) is 6.08. The van der Waals surface area contributed by atoms with Gasteiger partial charge in [0.2, 0.25) is 11.8 Å². The lowest BCUT2D eigenvalue weighted by Gasteiger charge is -2.34. The van der Waals surface area contributed by atoms with Gasteiger partial charge in [-0.2, -0.15) is 0 Å². The number of methoxy groups -OCH3 is 1. The molecule has 0 aromatic heterocycles. The van der Waals surface area contributed by atoms with Gasteiger partial charge in [-0.15, -0.1) is 0 Å². The quantitative estimate of drug-likeness (QED) is 0.768. The minimum absolute atomic E-state index is 0.00381. The highest BCUT2D eigenvalue weighted by atomic mass is 16.5. The summed E-state index contributed by atoms with van der Waals surface area (Å²) in [5.74, 6) is 0.150. The van der Waals surface area contributed by atoms with Crippen molar-refractivity contribution in [2.45, 2.75) is 32.8 Å². The molecule has 1 N–H and O–H groups in total. The van der Waals surface area contributed by atoms with Crippen molar-refractivity contribution in [2.75, 3.05) is 40.4 Å². The number of aliphatic hydroxyl groups excluding tert-OH is 1. The van der Waals surface area contributed by atoms with Crippen molar-refractivity contribution in [3.8, 4) is 0 Å². The van der Waals surface area contributed by atoms with Crippen molar-refractivity contribution in [3.63, 3.8) is 0 Å². The molecule has 1 unspecified atom stereocenters. The molecule has 0 bridgehead atoms. The van der Waals surface area contributed by atoms with Gasteiger partial charge in [-0.3, -0.25) is 9.59 Å². The van der Waals surface area contributed by atoms with E-state index < -0.39 is 6.10 Å². The summed E-state index contributed by atoms with van der Waals surface area (Å²) in [5.41, 5.74) is 0. The zero-order chi connectivity index (χ0) is 16.0. The van der Waals surface area contributed by atoms with Gasteiger partial charge in [0, 0.05) is 45.6 Å². The van der Waals surface area contributed by atoms with Gasteiger partial charge >= 0.3 is 0 Å². The molecule has 0 spiro atoms. The summed E-state index contributed by atoms with van der Waals surface area (Å²) in [6, 6.07) is 0. The molecule has 1 saturated heterocycles. The number of amides is 2. The standard InChI is InChI=1S/C15H28N2O4/c1-11(2)14(19)17-7-5-12(6-8-17)15(20)16(3)9-13(18)10-21-4/h11-13,18H,5-10H2,1-4H3. The van der Waals surface area contributed by atoms with Gasteiger partial charge in [-0.1, -0.05) is 13.8 Å². The first kappa shape index (κ1) is 17.9. The van der Waals surface area contributed by atoms with Crippen LogP contribution in [0, 0.1) is 11.8 Å². The van der Waals surface area contributed by atoms with E-state index >= 15 is 0 Å². The first-order chi connectivity index (χ1) is 9.86. The Morgan fingerprint density at radius 1 is 1.33 bits per heavy atom. The van der Waals surface area contributed by atoms with Gasteiger partial charge in [-0.25, -0.2) is 0 Å². The van der Waals surface area contributed by atoms with E-state index in [2.05, 4.69) is 0 Å². The average Bonchev–Trinajstić information content (AvgIpc) is 2.45. The number of ether oxygens (including phenoxy) is 1. The van der Waals surface area contributed by atoms with E-state index in [-0.39, 0.29) is 36.8 Å². The van der Waals surface area contributed by atoms with E-state index in [1.54, 1.807) is 11.9 Å². The molecule has 1 aliphatic rings. The maximum Gasteiger partial charge on any atom is 0.225 e. The Bertz CT molecular complexity index is 352. The van der Waals surface area contributed by atoms with Crippen molar-refractivity contribution < 1.29 is 19.4 Å². The van der Waals surface area contributed by atoms with E-state index in [0.717, 1.165) is 0 Å². The van der Waals surface area contributed by atoms with Crippen molar-refractivity contribution in [1.29, 1.82) is 0 Å². The number of likely N-dealkylation sites (tertiary alicyclic amines) is 1. The Hall–Kier alpha value is -1.14. The summed E-state index contributed by atoms with van der Waals surface area (Å²) in [4.78, 5) is 27.6. The summed E-state index contributed by atoms with van der Waals surface area (Å²) in [7, 11) is 3.22. The molecule has 1 rings (SSSR count). The van der Waals surface area contributed by atoms with Crippen LogP contribution in [-0.2, 0) is 14.3 Å². The number of rotatable bonds is 6. The molecule has 6 heteroatoms. The Morgan fingerprint density at radius 2 is 1.90 bits per heavy atom. The molecule has 1 heterocycles. The summed E-state index contributed by atoms with van der Waals surface area (Å²) >= 11 is 0. The maximum absolute atomic E-state index is 12.3. The van der Waals surface area contributed by atoms with Crippen molar-refractivity contribution in [2.24, 2.45) is 11.8 Å². The SMILES string of the molecule is COCC(O)CN(C)C(=O)C1CCN(C(=O)C(C)C)CC1. The molecule has 6 nitrogen and oxygen atoms in total. The van der Waals surface area contributed by atoms with Crippen LogP contribution in [0.3, 0.4) is 0 Å². The Labute approximate surface area is 127 Å². The van der Waals surface area contributed by atoms with E-state index in [0.29, 0.717) is 25.9 Å². The van der Waals surface area contributed by atoms with Gasteiger partial charge in [0.25, 0.3) is 0 Å². The topological polar surface area (TPSA) is 70.1 Å². The minimum atomic E-state index is -0.661. The van der Waals surface area contributed by atoms with Gasteiger partial charge < -0.3 is 19.6 Å². The second-order valence-corrected chi connectivity index (χ2v) is 6.08.